The van der Waals surface area contributed by atoms with E-state index in [1.54, 1.807) is 12.1 Å². The Morgan fingerprint density at radius 1 is 1.25 bits per heavy atom. The van der Waals surface area contributed by atoms with Gasteiger partial charge in [-0.2, -0.15) is 5.26 Å². The van der Waals surface area contributed by atoms with Crippen molar-refractivity contribution in [1.29, 1.82) is 5.26 Å². The molecule has 0 atom stereocenters. The molecule has 0 spiro atoms. The van der Waals surface area contributed by atoms with E-state index in [1.807, 2.05) is 51.3 Å². The van der Waals surface area contributed by atoms with Crippen LogP contribution >= 0.6 is 45.2 Å². The third-order valence-electron chi connectivity index (χ3n) is 2.39. The molecule has 0 aliphatic carbocycles. The Morgan fingerprint density at radius 3 is 2.20 bits per heavy atom. The van der Waals surface area contributed by atoms with Gasteiger partial charge in [-0.15, -0.1) is 0 Å². The number of phenols is 1. The Kier molecular flexibility index (Phi) is 10.8. The lowest BCUT2D eigenvalue weighted by atomic mass is 10.2. The number of carboxylic acid groups (broad SMARTS) is 1. The van der Waals surface area contributed by atoms with Crippen molar-refractivity contribution in [2.75, 3.05) is 0 Å². The molecule has 20 heavy (non-hydrogen) atoms. The topological polar surface area (TPSA) is 81.3 Å². The molecule has 1 rings (SSSR count). The molecule has 0 aromatic heterocycles. The Morgan fingerprint density at radius 2 is 1.80 bits per heavy atom. The summed E-state index contributed by atoms with van der Waals surface area (Å²) in [5.74, 6) is -0.420. The molecule has 2 N–H and O–H groups in total. The maximum atomic E-state index is 9.96. The predicted octanol–water partition coefficient (Wildman–Crippen LogP) is 4.51. The van der Waals surface area contributed by atoms with Crippen LogP contribution in [0.15, 0.2) is 12.1 Å². The summed E-state index contributed by atoms with van der Waals surface area (Å²) >= 11 is 3.99. The van der Waals surface area contributed by atoms with E-state index in [-0.39, 0.29) is 5.75 Å². The molecule has 0 aliphatic heterocycles. The fourth-order valence-corrected chi connectivity index (χ4v) is 3.10. The van der Waals surface area contributed by atoms with Crippen LogP contribution in [0.3, 0.4) is 0 Å². The summed E-state index contributed by atoms with van der Waals surface area (Å²) in [7, 11) is 0. The molecule has 0 amide bonds. The predicted molar refractivity (Wildman–Crippen MR) is 94.7 cm³/mol. The van der Waals surface area contributed by atoms with Crippen LogP contribution < -0.4 is 0 Å². The molecule has 4 nitrogen and oxygen atoms in total. The van der Waals surface area contributed by atoms with Gasteiger partial charge in [0, 0.05) is 6.42 Å². The zero-order chi connectivity index (χ0) is 15.5. The molecule has 6 heteroatoms. The number of unbranched alkanes of at least 4 members (excludes halogenated alkanes) is 3. The first-order valence-corrected chi connectivity index (χ1v) is 8.38. The molecule has 1 aromatic rings. The quantitative estimate of drug-likeness (QED) is 0.460. The summed E-state index contributed by atoms with van der Waals surface area (Å²) in [6.07, 6.45) is 4.55. The largest absolute Gasteiger partial charge is 0.506 e. The van der Waals surface area contributed by atoms with Crippen LogP contribution in [-0.4, -0.2) is 16.2 Å². The van der Waals surface area contributed by atoms with E-state index in [2.05, 4.69) is 6.92 Å². The van der Waals surface area contributed by atoms with E-state index in [0.29, 0.717) is 19.1 Å². The van der Waals surface area contributed by atoms with Crippen LogP contribution in [0.1, 0.15) is 44.6 Å². The Hall–Kier alpha value is -0.560. The van der Waals surface area contributed by atoms with Gasteiger partial charge in [0.25, 0.3) is 0 Å². The minimum Gasteiger partial charge on any atom is -0.506 e. The van der Waals surface area contributed by atoms with Crippen molar-refractivity contribution in [3.63, 3.8) is 0 Å². The van der Waals surface area contributed by atoms with Crippen molar-refractivity contribution in [2.45, 2.75) is 39.0 Å². The summed E-state index contributed by atoms with van der Waals surface area (Å²) in [5, 5.41) is 26.1. The number of aromatic hydroxyl groups is 1. The molecule has 0 fully saturated rings. The highest BCUT2D eigenvalue weighted by Crippen LogP contribution is 2.26. The van der Waals surface area contributed by atoms with Gasteiger partial charge in [-0.05, 0) is 63.7 Å². The van der Waals surface area contributed by atoms with Crippen molar-refractivity contribution in [3.8, 4) is 11.8 Å². The molecule has 0 heterocycles. The number of carbonyl (C=O) groups is 1. The normalized spacial score (nSPS) is 9.30. The molecule has 110 valence electrons. The number of rotatable bonds is 5. The van der Waals surface area contributed by atoms with Gasteiger partial charge in [-0.25, -0.2) is 0 Å². The zero-order valence-corrected chi connectivity index (χ0v) is 15.5. The van der Waals surface area contributed by atoms with Crippen LogP contribution in [0.4, 0.5) is 0 Å². The molecule has 0 unspecified atom stereocenters. The first-order chi connectivity index (χ1) is 9.42. The Labute approximate surface area is 146 Å². The maximum absolute atomic E-state index is 9.96. The minimum absolute atomic E-state index is 0.255. The molecule has 0 saturated heterocycles. The van der Waals surface area contributed by atoms with Gasteiger partial charge in [0.2, 0.25) is 0 Å². The number of nitrogens with zero attached hydrogens (tertiary/aromatic N) is 1. The summed E-state index contributed by atoms with van der Waals surface area (Å²) in [6.45, 7) is 2.11. The van der Waals surface area contributed by atoms with Crippen molar-refractivity contribution in [3.05, 3.63) is 24.8 Å². The molecule has 0 saturated carbocycles. The van der Waals surface area contributed by atoms with E-state index in [1.165, 1.54) is 6.42 Å². The second kappa shape index (κ2) is 11.1. The van der Waals surface area contributed by atoms with Crippen molar-refractivity contribution < 1.29 is 15.0 Å². The van der Waals surface area contributed by atoms with Gasteiger partial charge < -0.3 is 10.2 Å². The number of phenolic OH excluding ortho intramolecular Hbond substituents is 1. The smallest absolute Gasteiger partial charge is 0.303 e. The SMILES string of the molecule is CCCCCCC(=O)O.N#Cc1cc(I)c(O)c(I)c1. The second-order valence-corrected chi connectivity index (χ2v) is 6.43. The van der Waals surface area contributed by atoms with Gasteiger partial charge in [-0.3, -0.25) is 4.79 Å². The summed E-state index contributed by atoms with van der Waals surface area (Å²) < 4.78 is 1.43. The van der Waals surface area contributed by atoms with Crippen molar-refractivity contribution >= 4 is 51.2 Å². The molecular formula is C14H17I2NO3. The molecule has 0 aliphatic rings. The third kappa shape index (κ3) is 8.58. The van der Waals surface area contributed by atoms with E-state index in [0.717, 1.165) is 19.3 Å². The highest BCUT2D eigenvalue weighted by Gasteiger charge is 2.04. The lowest BCUT2D eigenvalue weighted by molar-refractivity contribution is -0.137. The van der Waals surface area contributed by atoms with Gasteiger partial charge in [0.15, 0.2) is 0 Å². The average molecular weight is 501 g/mol. The Bertz CT molecular complexity index is 461. The van der Waals surface area contributed by atoms with E-state index in [9.17, 15) is 9.90 Å². The first kappa shape index (κ1) is 19.4. The minimum atomic E-state index is -0.675. The summed E-state index contributed by atoms with van der Waals surface area (Å²) in [6, 6.07) is 5.32. The van der Waals surface area contributed by atoms with Crippen LogP contribution in [-0.2, 0) is 4.79 Å². The third-order valence-corrected chi connectivity index (χ3v) is 4.03. The van der Waals surface area contributed by atoms with Crippen LogP contribution in [0.25, 0.3) is 0 Å². The number of benzene rings is 1. The standard InChI is InChI=1S/C7H3I2NO.C7H14O2/c8-5-1-4(3-10)2-6(9)7(5)11;1-2-3-4-5-6-7(8)9/h1-2,11H;2-6H2,1H3,(H,8,9). The number of hydrogen-bond acceptors (Lipinski definition) is 3. The fourth-order valence-electron chi connectivity index (χ4n) is 1.33. The average Bonchev–Trinajstić information content (AvgIpc) is 2.41. The van der Waals surface area contributed by atoms with Crippen LogP contribution in [0.2, 0.25) is 0 Å². The lowest BCUT2D eigenvalue weighted by Crippen LogP contribution is -1.92. The number of nitriles is 1. The highest BCUT2D eigenvalue weighted by atomic mass is 127. The summed E-state index contributed by atoms with van der Waals surface area (Å²) in [4.78, 5) is 9.96. The number of halogens is 2. The number of aliphatic carboxylic acids is 1. The number of carboxylic acids is 1. The van der Waals surface area contributed by atoms with E-state index >= 15 is 0 Å². The lowest BCUT2D eigenvalue weighted by Gasteiger charge is -1.99. The van der Waals surface area contributed by atoms with Crippen molar-refractivity contribution in [1.82, 2.24) is 0 Å². The monoisotopic (exact) mass is 501 g/mol. The van der Waals surface area contributed by atoms with E-state index in [4.69, 9.17) is 10.4 Å². The van der Waals surface area contributed by atoms with Gasteiger partial charge in [0.1, 0.15) is 5.75 Å². The van der Waals surface area contributed by atoms with Crippen LogP contribution in [0.5, 0.6) is 5.75 Å². The zero-order valence-electron chi connectivity index (χ0n) is 11.2. The first-order valence-electron chi connectivity index (χ1n) is 6.22. The molecule has 1 aromatic carbocycles. The molecule has 0 radical (unpaired) electrons. The summed E-state index contributed by atoms with van der Waals surface area (Å²) in [5.41, 5.74) is 0.580. The maximum Gasteiger partial charge on any atom is 0.303 e. The van der Waals surface area contributed by atoms with Gasteiger partial charge in [0.05, 0.1) is 18.8 Å². The van der Waals surface area contributed by atoms with Crippen molar-refractivity contribution in [2.24, 2.45) is 0 Å². The van der Waals surface area contributed by atoms with E-state index < -0.39 is 5.97 Å². The Balaban J connectivity index is 0.000000370. The molecular weight excluding hydrogens is 484 g/mol. The number of hydrogen-bond donors (Lipinski definition) is 2. The fraction of sp³-hybridized carbons (Fsp3) is 0.429. The second-order valence-electron chi connectivity index (χ2n) is 4.10. The highest BCUT2D eigenvalue weighted by molar-refractivity contribution is 14.1. The van der Waals surface area contributed by atoms with Crippen LogP contribution in [0, 0.1) is 18.5 Å². The van der Waals surface area contributed by atoms with Gasteiger partial charge in [-0.1, -0.05) is 26.2 Å². The van der Waals surface area contributed by atoms with Gasteiger partial charge >= 0.3 is 5.97 Å². The molecule has 0 bridgehead atoms.